The Bertz CT molecular complexity index is 868. The van der Waals surface area contributed by atoms with Gasteiger partial charge in [0.15, 0.2) is 0 Å². The molecule has 9 heteroatoms. The number of nitrogens with zero attached hydrogens (tertiary/aromatic N) is 1. The lowest BCUT2D eigenvalue weighted by Crippen LogP contribution is -2.45. The number of para-hydroxylation sites is 1. The molecule has 2 aliphatic rings. The van der Waals surface area contributed by atoms with Crippen LogP contribution in [-0.4, -0.2) is 49.0 Å². The highest BCUT2D eigenvalue weighted by Gasteiger charge is 2.56. The number of hydrogen-bond donors (Lipinski definition) is 1. The highest BCUT2D eigenvalue weighted by atomic mass is 19.4. The Morgan fingerprint density at radius 1 is 1.17 bits per heavy atom. The number of rotatable bonds is 6. The number of allylic oxidation sites excluding steroid dienone is 1. The van der Waals surface area contributed by atoms with Gasteiger partial charge in [-0.25, -0.2) is 0 Å². The van der Waals surface area contributed by atoms with Crippen LogP contribution in [-0.2, 0) is 20.8 Å². The second kappa shape index (κ2) is 8.49. The monoisotopic (exact) mass is 424 g/mol. The van der Waals surface area contributed by atoms with Crippen LogP contribution in [0.15, 0.2) is 36.4 Å². The number of alkyl halides is 3. The number of nitrogens with one attached hydrogen (secondary N) is 1. The van der Waals surface area contributed by atoms with Gasteiger partial charge in [-0.15, -0.1) is 0 Å². The zero-order valence-electron chi connectivity index (χ0n) is 16.6. The summed E-state index contributed by atoms with van der Waals surface area (Å²) in [5, 5.41) is 2.76. The summed E-state index contributed by atoms with van der Waals surface area (Å²) in [5.74, 6) is -5.08. The molecule has 0 radical (unpaired) electrons. The third kappa shape index (κ3) is 4.34. The molecular weight excluding hydrogens is 401 g/mol. The molecule has 1 aliphatic heterocycles. The van der Waals surface area contributed by atoms with Gasteiger partial charge in [0.2, 0.25) is 17.7 Å². The summed E-state index contributed by atoms with van der Waals surface area (Å²) < 4.78 is 43.7. The average Bonchev–Trinajstić information content (AvgIpc) is 2.91. The molecule has 0 saturated carbocycles. The van der Waals surface area contributed by atoms with Gasteiger partial charge in [-0.1, -0.05) is 37.3 Å². The van der Waals surface area contributed by atoms with Crippen LogP contribution in [0.2, 0.25) is 0 Å². The number of halogens is 3. The van der Waals surface area contributed by atoms with E-state index in [1.54, 1.807) is 26.2 Å². The number of carbonyl (C=O) groups is 3. The van der Waals surface area contributed by atoms with E-state index in [1.807, 2.05) is 18.2 Å². The molecule has 1 N–H and O–H groups in total. The number of ether oxygens (including phenoxy) is 1. The molecule has 1 aliphatic carbocycles. The number of amides is 3. The predicted molar refractivity (Wildman–Crippen MR) is 101 cm³/mol. The van der Waals surface area contributed by atoms with Gasteiger partial charge in [-0.3, -0.25) is 19.3 Å². The number of fused-ring (bicyclic) bond motifs is 1. The van der Waals surface area contributed by atoms with E-state index in [4.69, 9.17) is 4.74 Å². The molecule has 0 unspecified atom stereocenters. The van der Waals surface area contributed by atoms with E-state index in [-0.39, 0.29) is 17.4 Å². The highest BCUT2D eigenvalue weighted by Crippen LogP contribution is 2.41. The summed E-state index contributed by atoms with van der Waals surface area (Å²) in [5.41, 5.74) is 0.887. The van der Waals surface area contributed by atoms with Crippen molar-refractivity contribution in [3.8, 4) is 5.75 Å². The first-order valence-electron chi connectivity index (χ1n) is 9.64. The van der Waals surface area contributed by atoms with Crippen molar-refractivity contribution in [1.82, 2.24) is 10.2 Å². The minimum atomic E-state index is -4.69. The van der Waals surface area contributed by atoms with Crippen LogP contribution in [0, 0.1) is 23.7 Å². The Morgan fingerprint density at radius 3 is 2.53 bits per heavy atom. The lowest BCUT2D eigenvalue weighted by Gasteiger charge is -2.30. The molecule has 1 saturated heterocycles. The maximum atomic E-state index is 12.9. The highest BCUT2D eigenvalue weighted by molar-refractivity contribution is 6.08. The first kappa shape index (κ1) is 21.9. The molecule has 1 heterocycles. The maximum absolute atomic E-state index is 12.9. The summed E-state index contributed by atoms with van der Waals surface area (Å²) in [6.07, 6.45) is -1.15. The van der Waals surface area contributed by atoms with Crippen molar-refractivity contribution in [2.45, 2.75) is 19.5 Å². The van der Waals surface area contributed by atoms with Gasteiger partial charge in [0.1, 0.15) is 12.3 Å². The van der Waals surface area contributed by atoms with E-state index in [0.29, 0.717) is 12.2 Å². The standard InChI is InChI=1S/C21H23F3N2O4/c1-12-7-8-14-17(20(29)26(19(14)28)11-21(22,23)24)16(12)18(27)25-10-9-13-5-3-4-6-15(13)30-2/h3-8,12,14,16-17H,9-11H2,1-2H3,(H,25,27)/t12-,14-,16-,17+/m1/s1. The number of carbonyl (C=O) groups excluding carboxylic acids is 3. The number of hydrogen-bond acceptors (Lipinski definition) is 4. The quantitative estimate of drug-likeness (QED) is 0.562. The molecule has 4 atom stereocenters. The van der Waals surface area contributed by atoms with Gasteiger partial charge in [-0.05, 0) is 24.0 Å². The normalized spacial score (nSPS) is 26.0. The first-order chi connectivity index (χ1) is 14.1. The van der Waals surface area contributed by atoms with Crippen LogP contribution < -0.4 is 10.1 Å². The number of methoxy groups -OCH3 is 1. The molecule has 3 amide bonds. The fourth-order valence-corrected chi connectivity index (χ4v) is 4.18. The molecule has 0 spiro atoms. The third-order valence-corrected chi connectivity index (χ3v) is 5.59. The van der Waals surface area contributed by atoms with Gasteiger partial charge < -0.3 is 10.1 Å². The van der Waals surface area contributed by atoms with Crippen molar-refractivity contribution in [1.29, 1.82) is 0 Å². The molecule has 0 bridgehead atoms. The van der Waals surface area contributed by atoms with Crippen LogP contribution in [0.25, 0.3) is 0 Å². The fraction of sp³-hybridized carbons (Fsp3) is 0.476. The maximum Gasteiger partial charge on any atom is 0.406 e. The largest absolute Gasteiger partial charge is 0.496 e. The Morgan fingerprint density at radius 2 is 1.87 bits per heavy atom. The topological polar surface area (TPSA) is 75.7 Å². The number of benzene rings is 1. The Kier molecular flexibility index (Phi) is 6.19. The number of imide groups is 1. The average molecular weight is 424 g/mol. The molecule has 30 heavy (non-hydrogen) atoms. The van der Waals surface area contributed by atoms with Crippen molar-refractivity contribution in [3.63, 3.8) is 0 Å². The fourth-order valence-electron chi connectivity index (χ4n) is 4.18. The Balaban J connectivity index is 1.71. The minimum absolute atomic E-state index is 0.229. The van der Waals surface area contributed by atoms with Crippen molar-refractivity contribution >= 4 is 17.7 Å². The third-order valence-electron chi connectivity index (χ3n) is 5.59. The van der Waals surface area contributed by atoms with Crippen LogP contribution in [0.5, 0.6) is 5.75 Å². The van der Waals surface area contributed by atoms with Gasteiger partial charge in [0.05, 0.1) is 24.9 Å². The van der Waals surface area contributed by atoms with E-state index < -0.39 is 48.2 Å². The van der Waals surface area contributed by atoms with Crippen LogP contribution in [0.3, 0.4) is 0 Å². The zero-order valence-corrected chi connectivity index (χ0v) is 16.6. The van der Waals surface area contributed by atoms with E-state index in [1.165, 1.54) is 6.08 Å². The molecule has 1 aromatic carbocycles. The lowest BCUT2D eigenvalue weighted by molar-refractivity contribution is -0.166. The van der Waals surface area contributed by atoms with Crippen molar-refractivity contribution in [2.24, 2.45) is 23.7 Å². The van der Waals surface area contributed by atoms with E-state index in [2.05, 4.69) is 5.32 Å². The Hall–Kier alpha value is -2.84. The first-order valence-corrected chi connectivity index (χ1v) is 9.64. The zero-order chi connectivity index (χ0) is 22.1. The second-order valence-corrected chi connectivity index (χ2v) is 7.55. The summed E-state index contributed by atoms with van der Waals surface area (Å²) in [4.78, 5) is 38.1. The van der Waals surface area contributed by atoms with Gasteiger partial charge in [-0.2, -0.15) is 13.2 Å². The van der Waals surface area contributed by atoms with Crippen molar-refractivity contribution < 1.29 is 32.3 Å². The van der Waals surface area contributed by atoms with Crippen LogP contribution in [0.4, 0.5) is 13.2 Å². The predicted octanol–water partition coefficient (Wildman–Crippen LogP) is 2.34. The molecule has 3 rings (SSSR count). The van der Waals surface area contributed by atoms with Gasteiger partial charge in [0.25, 0.3) is 0 Å². The summed E-state index contributed by atoms with van der Waals surface area (Å²) in [6, 6.07) is 7.33. The smallest absolute Gasteiger partial charge is 0.406 e. The lowest BCUT2D eigenvalue weighted by atomic mass is 9.71. The summed E-state index contributed by atoms with van der Waals surface area (Å²) >= 11 is 0. The second-order valence-electron chi connectivity index (χ2n) is 7.55. The van der Waals surface area contributed by atoms with E-state index in [0.717, 1.165) is 5.56 Å². The van der Waals surface area contributed by atoms with Gasteiger partial charge >= 0.3 is 6.18 Å². The van der Waals surface area contributed by atoms with Gasteiger partial charge in [0, 0.05) is 6.54 Å². The minimum Gasteiger partial charge on any atom is -0.496 e. The van der Waals surface area contributed by atoms with Crippen LogP contribution in [0.1, 0.15) is 12.5 Å². The summed E-state index contributed by atoms with van der Waals surface area (Å²) in [7, 11) is 1.54. The molecule has 1 aromatic rings. The van der Waals surface area contributed by atoms with Crippen molar-refractivity contribution in [2.75, 3.05) is 20.2 Å². The Labute approximate surface area is 172 Å². The molecule has 1 fully saturated rings. The summed E-state index contributed by atoms with van der Waals surface area (Å²) in [6.45, 7) is 0.335. The molecule has 6 nitrogen and oxygen atoms in total. The van der Waals surface area contributed by atoms with Crippen LogP contribution >= 0.6 is 0 Å². The molecular formula is C21H23F3N2O4. The SMILES string of the molecule is COc1ccccc1CCNC(=O)[C@H]1[C@H]2C(=O)N(CC(F)(F)F)C(=O)[C@@H]2C=C[C@H]1C. The van der Waals surface area contributed by atoms with Crippen molar-refractivity contribution in [3.05, 3.63) is 42.0 Å². The van der Waals surface area contributed by atoms with E-state index >= 15 is 0 Å². The molecule has 0 aromatic heterocycles. The molecule has 162 valence electrons. The van der Waals surface area contributed by atoms with E-state index in [9.17, 15) is 27.6 Å². The number of likely N-dealkylation sites (tertiary alicyclic amines) is 1.